The van der Waals surface area contributed by atoms with Gasteiger partial charge in [-0.1, -0.05) is 12.8 Å². The van der Waals surface area contributed by atoms with Gasteiger partial charge in [-0.05, 0) is 13.8 Å². The van der Waals surface area contributed by atoms with Crippen molar-refractivity contribution >= 4 is 0 Å². The molecule has 0 aliphatic rings. The van der Waals surface area contributed by atoms with Gasteiger partial charge in [0.2, 0.25) is 0 Å². The van der Waals surface area contributed by atoms with E-state index in [9.17, 15) is 0 Å². The van der Waals surface area contributed by atoms with Crippen LogP contribution in [0.15, 0.2) is 0 Å². The first kappa shape index (κ1) is 8.08. The van der Waals surface area contributed by atoms with Crippen molar-refractivity contribution in [2.45, 2.75) is 13.8 Å². The Morgan fingerprint density at radius 1 is 1.11 bits per heavy atom. The highest BCUT2D eigenvalue weighted by molar-refractivity contribution is 4.84. The van der Waals surface area contributed by atoms with Crippen molar-refractivity contribution in [1.29, 1.82) is 0 Å². The summed E-state index contributed by atoms with van der Waals surface area (Å²) in [5, 5.41) is 0. The third kappa shape index (κ3) is 1.49. The van der Waals surface area contributed by atoms with Gasteiger partial charge in [0, 0.05) is 0 Å². The van der Waals surface area contributed by atoms with Crippen LogP contribution in [0.4, 0.5) is 0 Å². The summed E-state index contributed by atoms with van der Waals surface area (Å²) in [6, 6.07) is 5.13. The molecule has 0 N–H and O–H groups in total. The standard InChI is InChI=1S/C8H12N/c1-5-9(6-2,7-3)8-4/h1-2H,7-8H2,3-4H3/q+1. The van der Waals surface area contributed by atoms with Gasteiger partial charge in [0.1, 0.15) is 25.2 Å². The Hall–Kier alpha value is -0.920. The smallest absolute Gasteiger partial charge is 0.148 e. The highest BCUT2D eigenvalue weighted by Gasteiger charge is 2.16. The van der Waals surface area contributed by atoms with Gasteiger partial charge >= 0.3 is 0 Å². The molecule has 0 saturated heterocycles. The molecule has 0 radical (unpaired) electrons. The number of quaternary nitrogens is 1. The minimum absolute atomic E-state index is 0.333. The molecule has 1 heteroatoms. The first-order valence-electron chi connectivity index (χ1n) is 3.07. The Kier molecular flexibility index (Phi) is 2.85. The molecule has 0 rings (SSSR count). The number of hydrogen-bond donors (Lipinski definition) is 0. The predicted molar refractivity (Wildman–Crippen MR) is 39.0 cm³/mol. The zero-order chi connectivity index (χ0) is 7.33. The van der Waals surface area contributed by atoms with Crippen molar-refractivity contribution in [3.63, 3.8) is 0 Å². The van der Waals surface area contributed by atoms with Crippen molar-refractivity contribution < 1.29 is 4.48 Å². The van der Waals surface area contributed by atoms with Crippen LogP contribution in [0.5, 0.6) is 0 Å². The molecule has 9 heavy (non-hydrogen) atoms. The van der Waals surface area contributed by atoms with E-state index in [-0.39, 0.29) is 0 Å². The summed E-state index contributed by atoms with van der Waals surface area (Å²) in [4.78, 5) is 0. The monoisotopic (exact) mass is 122 g/mol. The van der Waals surface area contributed by atoms with E-state index >= 15 is 0 Å². The van der Waals surface area contributed by atoms with Crippen LogP contribution in [-0.2, 0) is 0 Å². The zero-order valence-corrected chi connectivity index (χ0v) is 6.02. The molecule has 1 nitrogen and oxygen atoms in total. The van der Waals surface area contributed by atoms with Crippen LogP contribution < -0.4 is 0 Å². The fourth-order valence-corrected chi connectivity index (χ4v) is 0.626. The highest BCUT2D eigenvalue weighted by atomic mass is 15.3. The number of terminal acetylenes is 2. The van der Waals surface area contributed by atoms with E-state index in [2.05, 4.69) is 12.1 Å². The SMILES string of the molecule is C#C[N+](C#C)(CC)CC. The lowest BCUT2D eigenvalue weighted by Gasteiger charge is -2.18. The van der Waals surface area contributed by atoms with Crippen LogP contribution in [0.3, 0.4) is 0 Å². The Morgan fingerprint density at radius 3 is 1.44 bits per heavy atom. The third-order valence-electron chi connectivity index (χ3n) is 1.57. The third-order valence-corrected chi connectivity index (χ3v) is 1.57. The molecule has 0 aliphatic heterocycles. The second-order valence-electron chi connectivity index (χ2n) is 1.86. The van der Waals surface area contributed by atoms with Gasteiger partial charge < -0.3 is 0 Å². The van der Waals surface area contributed by atoms with E-state index in [1.54, 1.807) is 0 Å². The maximum Gasteiger partial charge on any atom is 0.148 e. The van der Waals surface area contributed by atoms with Crippen molar-refractivity contribution in [3.8, 4) is 24.9 Å². The lowest BCUT2D eigenvalue weighted by Crippen LogP contribution is -2.37. The van der Waals surface area contributed by atoms with Crippen LogP contribution in [0.1, 0.15) is 13.8 Å². The van der Waals surface area contributed by atoms with Crippen LogP contribution in [0.25, 0.3) is 0 Å². The Bertz CT molecular complexity index is 136. The molecule has 0 spiro atoms. The second kappa shape index (κ2) is 3.17. The summed E-state index contributed by atoms with van der Waals surface area (Å²) in [7, 11) is 0. The van der Waals surface area contributed by atoms with E-state index in [4.69, 9.17) is 12.8 Å². The summed E-state index contributed by atoms with van der Waals surface area (Å²) in [6.07, 6.45) is 10.4. The second-order valence-corrected chi connectivity index (χ2v) is 1.86. The summed E-state index contributed by atoms with van der Waals surface area (Å²) in [5.41, 5.74) is 0. The molecule has 48 valence electrons. The van der Waals surface area contributed by atoms with Gasteiger partial charge in [0.15, 0.2) is 0 Å². The highest BCUT2D eigenvalue weighted by Crippen LogP contribution is 1.99. The van der Waals surface area contributed by atoms with Crippen LogP contribution >= 0.6 is 0 Å². The lowest BCUT2D eigenvalue weighted by atomic mass is 10.4. The quantitative estimate of drug-likeness (QED) is 0.379. The number of rotatable bonds is 2. The Balaban J connectivity index is 4.28. The number of hydrogen-bond acceptors (Lipinski definition) is 0. The van der Waals surface area contributed by atoms with Crippen LogP contribution in [-0.4, -0.2) is 17.6 Å². The fraction of sp³-hybridized carbons (Fsp3) is 0.500. The van der Waals surface area contributed by atoms with E-state index in [0.717, 1.165) is 13.1 Å². The van der Waals surface area contributed by atoms with Gasteiger partial charge in [0.05, 0.1) is 0 Å². The molecular weight excluding hydrogens is 110 g/mol. The van der Waals surface area contributed by atoms with Crippen molar-refractivity contribution in [3.05, 3.63) is 0 Å². The molecule has 0 heterocycles. The molecule has 0 atom stereocenters. The maximum atomic E-state index is 5.22. The van der Waals surface area contributed by atoms with E-state index in [1.807, 2.05) is 13.8 Å². The van der Waals surface area contributed by atoms with Gasteiger partial charge in [-0.3, -0.25) is 0 Å². The van der Waals surface area contributed by atoms with E-state index in [1.165, 1.54) is 0 Å². The van der Waals surface area contributed by atoms with E-state index in [0.29, 0.717) is 4.48 Å². The average molecular weight is 122 g/mol. The minimum Gasteiger partial charge on any atom is -0.172 e. The van der Waals surface area contributed by atoms with Gasteiger partial charge in [0.25, 0.3) is 0 Å². The van der Waals surface area contributed by atoms with E-state index < -0.39 is 0 Å². The molecule has 0 aromatic carbocycles. The van der Waals surface area contributed by atoms with Gasteiger partial charge in [-0.15, -0.1) is 0 Å². The first-order chi connectivity index (χ1) is 4.24. The van der Waals surface area contributed by atoms with Crippen LogP contribution in [0, 0.1) is 24.9 Å². The predicted octanol–water partition coefficient (Wildman–Crippen LogP) is 1.02. The summed E-state index contributed by atoms with van der Waals surface area (Å²) in [5.74, 6) is 0. The molecule has 0 fully saturated rings. The van der Waals surface area contributed by atoms with Gasteiger partial charge in [-0.25, -0.2) is 0 Å². The summed E-state index contributed by atoms with van der Waals surface area (Å²) in [6.45, 7) is 5.60. The molecule has 0 saturated carbocycles. The maximum absolute atomic E-state index is 5.22. The van der Waals surface area contributed by atoms with Crippen LogP contribution in [0.2, 0.25) is 0 Å². The molecule has 0 aromatic heterocycles. The molecule has 0 unspecified atom stereocenters. The first-order valence-corrected chi connectivity index (χ1v) is 3.07. The lowest BCUT2D eigenvalue weighted by molar-refractivity contribution is -0.790. The average Bonchev–Trinajstić information content (AvgIpc) is 1.95. The summed E-state index contributed by atoms with van der Waals surface area (Å²) < 4.78 is 0.333. The zero-order valence-electron chi connectivity index (χ0n) is 6.02. The Morgan fingerprint density at radius 2 is 1.44 bits per heavy atom. The Labute approximate surface area is 57.3 Å². The van der Waals surface area contributed by atoms with Crippen molar-refractivity contribution in [1.82, 2.24) is 0 Å². The molecule has 0 bridgehead atoms. The molecule has 0 aliphatic carbocycles. The largest absolute Gasteiger partial charge is 0.172 e. The summed E-state index contributed by atoms with van der Waals surface area (Å²) >= 11 is 0. The molecular formula is C8H12N+. The van der Waals surface area contributed by atoms with Crippen molar-refractivity contribution in [2.24, 2.45) is 0 Å². The minimum atomic E-state index is 0.333. The number of nitrogens with zero attached hydrogens (tertiary/aromatic N) is 1. The molecule has 0 amide bonds. The normalized spacial score (nSPS) is 9.78. The fourth-order valence-electron chi connectivity index (χ4n) is 0.626. The van der Waals surface area contributed by atoms with Crippen molar-refractivity contribution in [2.75, 3.05) is 13.1 Å². The molecule has 0 aromatic rings. The topological polar surface area (TPSA) is 0 Å². The van der Waals surface area contributed by atoms with Gasteiger partial charge in [-0.2, -0.15) is 4.48 Å².